The monoisotopic (exact) mass is 270 g/mol. The Hall–Kier alpha value is -2.49. The minimum atomic E-state index is 0.518. The van der Waals surface area contributed by atoms with Gasteiger partial charge in [-0.1, -0.05) is 24.8 Å². The van der Waals surface area contributed by atoms with Crippen LogP contribution in [0.3, 0.4) is 0 Å². The van der Waals surface area contributed by atoms with Crippen molar-refractivity contribution >= 4 is 5.69 Å². The number of hydrogen-bond acceptors (Lipinski definition) is 4. The molecule has 1 aromatic heterocycles. The normalized spacial score (nSPS) is 9.85. The van der Waals surface area contributed by atoms with Gasteiger partial charge in [-0.05, 0) is 29.8 Å². The number of anilines is 1. The van der Waals surface area contributed by atoms with Crippen molar-refractivity contribution in [1.82, 2.24) is 4.98 Å². The first-order valence-electron chi connectivity index (χ1n) is 6.39. The summed E-state index contributed by atoms with van der Waals surface area (Å²) in [5.41, 5.74) is 2.03. The van der Waals surface area contributed by atoms with Gasteiger partial charge >= 0.3 is 0 Å². The van der Waals surface area contributed by atoms with Crippen LogP contribution < -0.4 is 14.8 Å². The number of pyridine rings is 1. The van der Waals surface area contributed by atoms with Gasteiger partial charge in [0.15, 0.2) is 0 Å². The minimum absolute atomic E-state index is 0.518. The lowest BCUT2D eigenvalue weighted by Crippen LogP contribution is -2.02. The number of nitrogens with zero attached hydrogens (tertiary/aromatic N) is 1. The van der Waals surface area contributed by atoms with Crippen LogP contribution in [-0.4, -0.2) is 18.7 Å². The van der Waals surface area contributed by atoms with E-state index in [4.69, 9.17) is 9.47 Å². The zero-order valence-corrected chi connectivity index (χ0v) is 11.5. The van der Waals surface area contributed by atoms with E-state index in [0.29, 0.717) is 19.0 Å². The Balaban J connectivity index is 1.95. The van der Waals surface area contributed by atoms with Gasteiger partial charge in [0.25, 0.3) is 0 Å². The highest BCUT2D eigenvalue weighted by molar-refractivity contribution is 5.52. The molecule has 20 heavy (non-hydrogen) atoms. The Kier molecular flexibility index (Phi) is 5.00. The lowest BCUT2D eigenvalue weighted by atomic mass is 10.2. The molecule has 0 bridgehead atoms. The summed E-state index contributed by atoms with van der Waals surface area (Å²) in [6, 6.07) is 11.7. The maximum atomic E-state index is 5.44. The first kappa shape index (κ1) is 13.9. The molecule has 4 nitrogen and oxygen atoms in total. The SMILES string of the molecule is C=CCOc1ccc(CNc2cccnc2OC)cc1. The quantitative estimate of drug-likeness (QED) is 0.784. The summed E-state index contributed by atoms with van der Waals surface area (Å²) in [5.74, 6) is 1.44. The molecule has 2 rings (SSSR count). The van der Waals surface area contributed by atoms with Crippen LogP contribution in [0.1, 0.15) is 5.56 Å². The third kappa shape index (κ3) is 3.75. The van der Waals surface area contributed by atoms with Gasteiger partial charge in [-0.2, -0.15) is 0 Å². The van der Waals surface area contributed by atoms with Gasteiger partial charge in [0.05, 0.1) is 12.8 Å². The highest BCUT2D eigenvalue weighted by Crippen LogP contribution is 2.21. The molecule has 0 radical (unpaired) electrons. The van der Waals surface area contributed by atoms with Crippen molar-refractivity contribution in [2.45, 2.75) is 6.54 Å². The fraction of sp³-hybridized carbons (Fsp3) is 0.188. The summed E-state index contributed by atoms with van der Waals surface area (Å²) in [6.45, 7) is 4.84. The molecule has 0 spiro atoms. The Labute approximate surface area is 119 Å². The third-order valence-electron chi connectivity index (χ3n) is 2.74. The number of nitrogens with one attached hydrogen (secondary N) is 1. The molecule has 0 amide bonds. The van der Waals surface area contributed by atoms with Crippen LogP contribution in [0.15, 0.2) is 55.3 Å². The molecule has 0 aliphatic rings. The summed E-state index contributed by atoms with van der Waals surface area (Å²) in [4.78, 5) is 4.14. The topological polar surface area (TPSA) is 43.4 Å². The molecule has 0 saturated heterocycles. The largest absolute Gasteiger partial charge is 0.490 e. The van der Waals surface area contributed by atoms with Crippen molar-refractivity contribution in [1.29, 1.82) is 0 Å². The van der Waals surface area contributed by atoms with Crippen LogP contribution in [0.5, 0.6) is 11.6 Å². The number of hydrogen-bond donors (Lipinski definition) is 1. The molecule has 0 saturated carbocycles. The zero-order valence-electron chi connectivity index (χ0n) is 11.5. The van der Waals surface area contributed by atoms with Crippen LogP contribution in [0.2, 0.25) is 0 Å². The average Bonchev–Trinajstić information content (AvgIpc) is 2.52. The van der Waals surface area contributed by atoms with Gasteiger partial charge in [0.1, 0.15) is 12.4 Å². The second-order valence-electron chi connectivity index (χ2n) is 4.16. The molecule has 1 heterocycles. The molecule has 0 atom stereocenters. The van der Waals surface area contributed by atoms with Gasteiger partial charge in [-0.15, -0.1) is 0 Å². The summed E-state index contributed by atoms with van der Waals surface area (Å²) < 4.78 is 10.6. The summed E-state index contributed by atoms with van der Waals surface area (Å²) in [5, 5.41) is 3.30. The first-order chi connectivity index (χ1) is 9.83. The fourth-order valence-corrected chi connectivity index (χ4v) is 1.74. The Morgan fingerprint density at radius 1 is 1.25 bits per heavy atom. The van der Waals surface area contributed by atoms with Crippen LogP contribution in [0.4, 0.5) is 5.69 Å². The molecule has 0 unspecified atom stereocenters. The van der Waals surface area contributed by atoms with E-state index in [0.717, 1.165) is 17.0 Å². The maximum absolute atomic E-state index is 5.44. The third-order valence-corrected chi connectivity index (χ3v) is 2.74. The van der Waals surface area contributed by atoms with Gasteiger partial charge in [-0.25, -0.2) is 4.98 Å². The van der Waals surface area contributed by atoms with Crippen LogP contribution in [-0.2, 0) is 6.54 Å². The second kappa shape index (κ2) is 7.19. The van der Waals surface area contributed by atoms with E-state index in [9.17, 15) is 0 Å². The Morgan fingerprint density at radius 3 is 2.75 bits per heavy atom. The minimum Gasteiger partial charge on any atom is -0.490 e. The summed E-state index contributed by atoms with van der Waals surface area (Å²) in [7, 11) is 1.61. The smallest absolute Gasteiger partial charge is 0.237 e. The molecule has 104 valence electrons. The Morgan fingerprint density at radius 2 is 2.05 bits per heavy atom. The highest BCUT2D eigenvalue weighted by Gasteiger charge is 2.02. The van der Waals surface area contributed by atoms with E-state index in [1.165, 1.54) is 0 Å². The van der Waals surface area contributed by atoms with E-state index in [2.05, 4.69) is 16.9 Å². The van der Waals surface area contributed by atoms with Gasteiger partial charge in [0, 0.05) is 12.7 Å². The average molecular weight is 270 g/mol. The molecular weight excluding hydrogens is 252 g/mol. The van der Waals surface area contributed by atoms with Crippen molar-refractivity contribution in [3.63, 3.8) is 0 Å². The second-order valence-corrected chi connectivity index (χ2v) is 4.16. The molecule has 0 aliphatic heterocycles. The molecular formula is C16H18N2O2. The van der Waals surface area contributed by atoms with Crippen molar-refractivity contribution < 1.29 is 9.47 Å². The predicted molar refractivity (Wildman–Crippen MR) is 80.2 cm³/mol. The number of ether oxygens (including phenoxy) is 2. The van der Waals surface area contributed by atoms with E-state index in [-0.39, 0.29) is 0 Å². The summed E-state index contributed by atoms with van der Waals surface area (Å²) >= 11 is 0. The fourth-order valence-electron chi connectivity index (χ4n) is 1.74. The number of methoxy groups -OCH3 is 1. The summed E-state index contributed by atoms with van der Waals surface area (Å²) in [6.07, 6.45) is 3.43. The highest BCUT2D eigenvalue weighted by atomic mass is 16.5. The van der Waals surface area contributed by atoms with Crippen molar-refractivity contribution in [3.05, 3.63) is 60.8 Å². The molecule has 4 heteroatoms. The van der Waals surface area contributed by atoms with Crippen molar-refractivity contribution in [2.24, 2.45) is 0 Å². The van der Waals surface area contributed by atoms with Gasteiger partial charge in [0.2, 0.25) is 5.88 Å². The van der Waals surface area contributed by atoms with E-state index >= 15 is 0 Å². The predicted octanol–water partition coefficient (Wildman–Crippen LogP) is 3.27. The van der Waals surface area contributed by atoms with Crippen LogP contribution in [0, 0.1) is 0 Å². The first-order valence-corrected chi connectivity index (χ1v) is 6.39. The van der Waals surface area contributed by atoms with Gasteiger partial charge < -0.3 is 14.8 Å². The standard InChI is InChI=1S/C16H18N2O2/c1-3-11-20-14-8-6-13(7-9-14)12-18-15-5-4-10-17-16(15)19-2/h3-10,18H,1,11-12H2,2H3. The number of aromatic nitrogens is 1. The molecule has 2 aromatic rings. The van der Waals surface area contributed by atoms with Crippen molar-refractivity contribution in [2.75, 3.05) is 19.0 Å². The van der Waals surface area contributed by atoms with Crippen LogP contribution >= 0.6 is 0 Å². The lowest BCUT2D eigenvalue weighted by Gasteiger charge is -2.10. The van der Waals surface area contributed by atoms with E-state index < -0.39 is 0 Å². The molecule has 1 N–H and O–H groups in total. The zero-order chi connectivity index (χ0) is 14.2. The number of rotatable bonds is 7. The molecule has 0 fully saturated rings. The van der Waals surface area contributed by atoms with Crippen LogP contribution in [0.25, 0.3) is 0 Å². The molecule has 0 aliphatic carbocycles. The van der Waals surface area contributed by atoms with Gasteiger partial charge in [-0.3, -0.25) is 0 Å². The molecule has 1 aromatic carbocycles. The van der Waals surface area contributed by atoms with E-state index in [1.54, 1.807) is 19.4 Å². The van der Waals surface area contributed by atoms with Crippen molar-refractivity contribution in [3.8, 4) is 11.6 Å². The lowest BCUT2D eigenvalue weighted by molar-refractivity contribution is 0.363. The van der Waals surface area contributed by atoms with E-state index in [1.807, 2.05) is 36.4 Å². The number of benzene rings is 1. The Bertz CT molecular complexity index is 553. The maximum Gasteiger partial charge on any atom is 0.237 e.